The number of para-hydroxylation sites is 3. The van der Waals surface area contributed by atoms with Crippen molar-refractivity contribution in [3.05, 3.63) is 59.9 Å². The Hall–Kier alpha value is -2.33. The van der Waals surface area contributed by atoms with Crippen LogP contribution in [-0.2, 0) is 13.6 Å². The molecule has 1 aliphatic heterocycles. The van der Waals surface area contributed by atoms with Crippen molar-refractivity contribution in [1.82, 2.24) is 14.5 Å². The molecule has 0 radical (unpaired) electrons. The summed E-state index contributed by atoms with van der Waals surface area (Å²) in [5.41, 5.74) is 3.72. The summed E-state index contributed by atoms with van der Waals surface area (Å²) in [6.07, 6.45) is 6.38. The average Bonchev–Trinajstić information content (AvgIpc) is 3.53. The third-order valence-corrected chi connectivity index (χ3v) is 6.67. The fourth-order valence-electron chi connectivity index (χ4n) is 4.63. The van der Waals surface area contributed by atoms with Gasteiger partial charge in [-0.15, -0.1) is 0 Å². The lowest BCUT2D eigenvalue weighted by molar-refractivity contribution is 0.196. The maximum atomic E-state index is 6.19. The second kappa shape index (κ2) is 8.19. The number of imidazole rings is 1. The fourth-order valence-corrected chi connectivity index (χ4v) is 4.63. The van der Waals surface area contributed by atoms with Crippen LogP contribution in [0.5, 0.6) is 5.75 Å². The van der Waals surface area contributed by atoms with Crippen LogP contribution in [0.1, 0.15) is 49.4 Å². The predicted octanol–water partition coefficient (Wildman–Crippen LogP) is 5.13. The molecular formula is C25H31N3O. The highest BCUT2D eigenvalue weighted by atomic mass is 16.5. The Morgan fingerprint density at radius 3 is 2.52 bits per heavy atom. The van der Waals surface area contributed by atoms with E-state index in [-0.39, 0.29) is 0 Å². The molecule has 0 unspecified atom stereocenters. The number of benzene rings is 2. The summed E-state index contributed by atoms with van der Waals surface area (Å²) in [5, 5.41) is 0. The first-order valence-electron chi connectivity index (χ1n) is 11.1. The molecular weight excluding hydrogens is 358 g/mol. The van der Waals surface area contributed by atoms with Gasteiger partial charge in [0.15, 0.2) is 0 Å². The van der Waals surface area contributed by atoms with Gasteiger partial charge in [0.1, 0.15) is 11.6 Å². The molecule has 2 aromatic carbocycles. The molecule has 2 fully saturated rings. The number of hydrogen-bond acceptors (Lipinski definition) is 3. The number of piperidine rings is 1. The largest absolute Gasteiger partial charge is 0.493 e. The van der Waals surface area contributed by atoms with Crippen LogP contribution in [0, 0.1) is 5.92 Å². The van der Waals surface area contributed by atoms with Gasteiger partial charge >= 0.3 is 0 Å². The van der Waals surface area contributed by atoms with Gasteiger partial charge in [-0.25, -0.2) is 4.98 Å². The Kier molecular flexibility index (Phi) is 5.28. The van der Waals surface area contributed by atoms with Gasteiger partial charge < -0.3 is 9.30 Å². The van der Waals surface area contributed by atoms with Crippen molar-refractivity contribution in [3.8, 4) is 5.75 Å². The maximum absolute atomic E-state index is 6.19. The summed E-state index contributed by atoms with van der Waals surface area (Å²) in [4.78, 5) is 7.40. The SMILES string of the molecule is Cn1c(CN2CCC(c3ccccc3OCCC3CC3)CC2)nc2ccccc21. The Balaban J connectivity index is 1.20. The highest BCUT2D eigenvalue weighted by Gasteiger charge is 2.25. The standard InChI is InChI=1S/C25H31N3O/c1-27-23-8-4-3-7-22(23)26-25(27)18-28-15-12-20(13-16-28)21-6-2-5-9-24(21)29-17-14-19-10-11-19/h2-9,19-20H,10-18H2,1H3. The van der Waals surface area contributed by atoms with E-state index in [4.69, 9.17) is 9.72 Å². The zero-order valence-electron chi connectivity index (χ0n) is 17.4. The first-order chi connectivity index (χ1) is 14.3. The quantitative estimate of drug-likeness (QED) is 0.561. The van der Waals surface area contributed by atoms with Crippen molar-refractivity contribution in [3.63, 3.8) is 0 Å². The van der Waals surface area contributed by atoms with Crippen LogP contribution in [0.3, 0.4) is 0 Å². The second-order valence-corrected chi connectivity index (χ2v) is 8.74. The molecule has 0 atom stereocenters. The summed E-state index contributed by atoms with van der Waals surface area (Å²) < 4.78 is 8.43. The van der Waals surface area contributed by atoms with Crippen LogP contribution in [0.15, 0.2) is 48.5 Å². The van der Waals surface area contributed by atoms with Crippen LogP contribution >= 0.6 is 0 Å². The van der Waals surface area contributed by atoms with Gasteiger partial charge in [-0.05, 0) is 68.0 Å². The molecule has 1 aromatic heterocycles. The highest BCUT2D eigenvalue weighted by Crippen LogP contribution is 2.36. The first kappa shape index (κ1) is 18.7. The number of hydrogen-bond donors (Lipinski definition) is 0. The summed E-state index contributed by atoms with van der Waals surface area (Å²) in [6.45, 7) is 4.03. The van der Waals surface area contributed by atoms with Crippen molar-refractivity contribution in [2.45, 2.75) is 44.6 Å². The van der Waals surface area contributed by atoms with Gasteiger partial charge in [0.25, 0.3) is 0 Å². The molecule has 1 aliphatic carbocycles. The molecule has 1 saturated carbocycles. The summed E-state index contributed by atoms with van der Waals surface area (Å²) in [7, 11) is 2.13. The number of aryl methyl sites for hydroxylation is 1. The smallest absolute Gasteiger partial charge is 0.123 e. The van der Waals surface area contributed by atoms with Crippen LogP contribution in [0.25, 0.3) is 11.0 Å². The Labute approximate surface area is 173 Å². The molecule has 1 saturated heterocycles. The predicted molar refractivity (Wildman–Crippen MR) is 117 cm³/mol. The monoisotopic (exact) mass is 389 g/mol. The van der Waals surface area contributed by atoms with E-state index < -0.39 is 0 Å². The van der Waals surface area contributed by atoms with Crippen LogP contribution in [0.2, 0.25) is 0 Å². The van der Waals surface area contributed by atoms with Crippen molar-refractivity contribution in [2.24, 2.45) is 13.0 Å². The molecule has 2 heterocycles. The van der Waals surface area contributed by atoms with E-state index in [9.17, 15) is 0 Å². The molecule has 0 amide bonds. The Morgan fingerprint density at radius 2 is 1.72 bits per heavy atom. The van der Waals surface area contributed by atoms with E-state index in [1.54, 1.807) is 0 Å². The third kappa shape index (κ3) is 4.18. The van der Waals surface area contributed by atoms with E-state index in [2.05, 4.69) is 65.0 Å². The molecule has 3 aromatic rings. The average molecular weight is 390 g/mol. The molecule has 0 N–H and O–H groups in total. The minimum Gasteiger partial charge on any atom is -0.493 e. The fraction of sp³-hybridized carbons (Fsp3) is 0.480. The Morgan fingerprint density at radius 1 is 0.966 bits per heavy atom. The molecule has 0 spiro atoms. The molecule has 4 nitrogen and oxygen atoms in total. The molecule has 5 rings (SSSR count). The number of fused-ring (bicyclic) bond motifs is 1. The summed E-state index contributed by atoms with van der Waals surface area (Å²) in [6, 6.07) is 17.1. The van der Waals surface area contributed by atoms with Gasteiger partial charge in [0.2, 0.25) is 0 Å². The lowest BCUT2D eigenvalue weighted by Crippen LogP contribution is -2.33. The van der Waals surface area contributed by atoms with Crippen molar-refractivity contribution >= 4 is 11.0 Å². The molecule has 29 heavy (non-hydrogen) atoms. The topological polar surface area (TPSA) is 30.3 Å². The van der Waals surface area contributed by atoms with Crippen molar-refractivity contribution in [2.75, 3.05) is 19.7 Å². The van der Waals surface area contributed by atoms with E-state index in [1.165, 1.54) is 43.2 Å². The van der Waals surface area contributed by atoms with E-state index in [1.807, 2.05) is 0 Å². The zero-order valence-corrected chi connectivity index (χ0v) is 17.4. The number of rotatable bonds is 7. The zero-order chi connectivity index (χ0) is 19.6. The van der Waals surface area contributed by atoms with Crippen LogP contribution in [0.4, 0.5) is 0 Å². The molecule has 4 heteroatoms. The van der Waals surface area contributed by atoms with E-state index in [0.29, 0.717) is 5.92 Å². The van der Waals surface area contributed by atoms with Crippen LogP contribution < -0.4 is 4.74 Å². The van der Waals surface area contributed by atoms with E-state index >= 15 is 0 Å². The summed E-state index contributed by atoms with van der Waals surface area (Å²) >= 11 is 0. The maximum Gasteiger partial charge on any atom is 0.123 e. The molecule has 0 bridgehead atoms. The van der Waals surface area contributed by atoms with Crippen molar-refractivity contribution < 1.29 is 4.74 Å². The lowest BCUT2D eigenvalue weighted by atomic mass is 9.89. The first-order valence-corrected chi connectivity index (χ1v) is 11.1. The number of aromatic nitrogens is 2. The minimum absolute atomic E-state index is 0.601. The van der Waals surface area contributed by atoms with Gasteiger partial charge in [-0.1, -0.05) is 43.2 Å². The van der Waals surface area contributed by atoms with Crippen molar-refractivity contribution in [1.29, 1.82) is 0 Å². The Bertz CT molecular complexity index is 967. The highest BCUT2D eigenvalue weighted by molar-refractivity contribution is 5.75. The number of ether oxygens (including phenoxy) is 1. The van der Waals surface area contributed by atoms with Gasteiger partial charge in [0.05, 0.1) is 24.2 Å². The number of likely N-dealkylation sites (tertiary alicyclic amines) is 1. The molecule has 2 aliphatic rings. The second-order valence-electron chi connectivity index (χ2n) is 8.74. The minimum atomic E-state index is 0.601. The number of nitrogens with zero attached hydrogens (tertiary/aromatic N) is 3. The van der Waals surface area contributed by atoms with Crippen LogP contribution in [-0.4, -0.2) is 34.1 Å². The summed E-state index contributed by atoms with van der Waals surface area (Å²) in [5.74, 6) is 3.80. The normalized spacial score (nSPS) is 18.4. The van der Waals surface area contributed by atoms with Gasteiger partial charge in [-0.3, -0.25) is 4.90 Å². The molecule has 152 valence electrons. The lowest BCUT2D eigenvalue weighted by Gasteiger charge is -2.32. The van der Waals surface area contributed by atoms with Gasteiger partial charge in [-0.2, -0.15) is 0 Å². The van der Waals surface area contributed by atoms with Gasteiger partial charge in [0, 0.05) is 7.05 Å². The van der Waals surface area contributed by atoms with E-state index in [0.717, 1.165) is 49.2 Å². The third-order valence-electron chi connectivity index (χ3n) is 6.67.